The molecule has 0 bridgehead atoms. The summed E-state index contributed by atoms with van der Waals surface area (Å²) in [5, 5.41) is 11.4. The molecule has 6 heteroatoms. The van der Waals surface area contributed by atoms with Crippen molar-refractivity contribution in [3.05, 3.63) is 23.8 Å². The Kier molecular flexibility index (Phi) is 2.86. The minimum absolute atomic E-state index is 0.122. The zero-order chi connectivity index (χ0) is 12.4. The van der Waals surface area contributed by atoms with Gasteiger partial charge in [-0.3, -0.25) is 4.79 Å². The van der Waals surface area contributed by atoms with Crippen LogP contribution in [0.4, 0.5) is 0 Å². The second-order valence-electron chi connectivity index (χ2n) is 3.58. The zero-order valence-corrected chi connectivity index (χ0v) is 9.10. The lowest BCUT2D eigenvalue weighted by molar-refractivity contribution is -0.141. The summed E-state index contributed by atoms with van der Waals surface area (Å²) in [7, 11) is 0. The minimum Gasteiger partial charge on any atom is -0.479 e. The Hall–Kier alpha value is -2.24. The van der Waals surface area contributed by atoms with E-state index in [1.165, 1.54) is 6.92 Å². The largest absolute Gasteiger partial charge is 0.479 e. The van der Waals surface area contributed by atoms with E-state index < -0.39 is 17.9 Å². The van der Waals surface area contributed by atoms with Crippen LogP contribution in [0.5, 0.6) is 11.5 Å². The van der Waals surface area contributed by atoms with Crippen molar-refractivity contribution in [3.8, 4) is 11.5 Å². The summed E-state index contributed by atoms with van der Waals surface area (Å²) in [6.45, 7) is 1.39. The van der Waals surface area contributed by atoms with E-state index in [1.807, 2.05) is 0 Å². The van der Waals surface area contributed by atoms with Crippen molar-refractivity contribution < 1.29 is 24.2 Å². The molecule has 0 fully saturated rings. The Bertz CT molecular complexity index is 471. The first kappa shape index (κ1) is 11.3. The van der Waals surface area contributed by atoms with Gasteiger partial charge in [0.25, 0.3) is 0 Å². The number of hydrogen-bond donors (Lipinski definition) is 2. The van der Waals surface area contributed by atoms with E-state index in [0.717, 1.165) is 0 Å². The van der Waals surface area contributed by atoms with Crippen LogP contribution in [-0.2, 0) is 9.59 Å². The van der Waals surface area contributed by atoms with Gasteiger partial charge < -0.3 is 19.9 Å². The third kappa shape index (κ3) is 2.30. The fourth-order valence-electron chi connectivity index (χ4n) is 1.58. The van der Waals surface area contributed by atoms with Crippen LogP contribution in [0.15, 0.2) is 18.2 Å². The van der Waals surface area contributed by atoms with E-state index in [-0.39, 0.29) is 6.79 Å². The van der Waals surface area contributed by atoms with E-state index in [2.05, 4.69) is 5.32 Å². The fraction of sp³-hybridized carbons (Fsp3) is 0.273. The monoisotopic (exact) mass is 237 g/mol. The zero-order valence-electron chi connectivity index (χ0n) is 9.10. The van der Waals surface area contributed by atoms with Gasteiger partial charge in [0, 0.05) is 6.92 Å². The Morgan fingerprint density at radius 2 is 2.06 bits per heavy atom. The highest BCUT2D eigenvalue weighted by Gasteiger charge is 2.23. The van der Waals surface area contributed by atoms with Gasteiger partial charge in [-0.25, -0.2) is 4.79 Å². The lowest BCUT2D eigenvalue weighted by atomic mass is 10.1. The van der Waals surface area contributed by atoms with Gasteiger partial charge in [0.05, 0.1) is 0 Å². The molecule has 0 spiro atoms. The highest BCUT2D eigenvalue weighted by atomic mass is 16.7. The number of carboxylic acid groups (broad SMARTS) is 1. The number of carboxylic acids is 1. The average Bonchev–Trinajstić information content (AvgIpc) is 2.72. The number of nitrogens with one attached hydrogen (secondary N) is 1. The van der Waals surface area contributed by atoms with Crippen molar-refractivity contribution in [3.63, 3.8) is 0 Å². The maximum atomic E-state index is 11.0. The fourth-order valence-corrected chi connectivity index (χ4v) is 1.58. The first-order chi connectivity index (χ1) is 8.08. The molecule has 0 aliphatic carbocycles. The highest BCUT2D eigenvalue weighted by Crippen LogP contribution is 2.34. The first-order valence-electron chi connectivity index (χ1n) is 4.97. The molecule has 1 heterocycles. The standard InChI is InChI=1S/C11H11NO5/c1-6(13)12-10(11(14)15)7-2-3-8-9(4-7)17-5-16-8/h2-4,10H,5H2,1H3,(H,12,13)(H,14,15)/t10-/m0/s1. The molecule has 1 aromatic rings. The molecule has 2 N–H and O–H groups in total. The summed E-state index contributed by atoms with van der Waals surface area (Å²) in [6, 6.07) is 3.68. The molecule has 2 rings (SSSR count). The van der Waals surface area contributed by atoms with Crippen molar-refractivity contribution >= 4 is 11.9 Å². The molecule has 0 saturated carbocycles. The van der Waals surface area contributed by atoms with Crippen LogP contribution >= 0.6 is 0 Å². The van der Waals surface area contributed by atoms with Crippen molar-refractivity contribution in [2.24, 2.45) is 0 Å². The topological polar surface area (TPSA) is 84.9 Å². The molecule has 1 aromatic carbocycles. The van der Waals surface area contributed by atoms with E-state index in [9.17, 15) is 9.59 Å². The molecule has 1 aliphatic heterocycles. The summed E-state index contributed by atoms with van der Waals surface area (Å²) in [5.74, 6) is -0.478. The molecule has 1 amide bonds. The van der Waals surface area contributed by atoms with Gasteiger partial charge in [-0.2, -0.15) is 0 Å². The summed E-state index contributed by atoms with van der Waals surface area (Å²) in [6.07, 6.45) is 0. The van der Waals surface area contributed by atoms with E-state index >= 15 is 0 Å². The SMILES string of the molecule is CC(=O)N[C@H](C(=O)O)c1ccc2c(c1)OCO2. The number of ether oxygens (including phenoxy) is 2. The van der Waals surface area contributed by atoms with E-state index in [0.29, 0.717) is 17.1 Å². The van der Waals surface area contributed by atoms with Crippen molar-refractivity contribution in [1.82, 2.24) is 5.32 Å². The maximum Gasteiger partial charge on any atom is 0.330 e. The number of aliphatic carboxylic acids is 1. The van der Waals surface area contributed by atoms with Gasteiger partial charge in [-0.15, -0.1) is 0 Å². The minimum atomic E-state index is -1.13. The van der Waals surface area contributed by atoms with Crippen LogP contribution in [0.3, 0.4) is 0 Å². The lowest BCUT2D eigenvalue weighted by Crippen LogP contribution is -2.31. The molecule has 1 aliphatic rings. The van der Waals surface area contributed by atoms with Crippen LogP contribution in [-0.4, -0.2) is 23.8 Å². The van der Waals surface area contributed by atoms with Gasteiger partial charge in [0.1, 0.15) is 0 Å². The van der Waals surface area contributed by atoms with Gasteiger partial charge >= 0.3 is 5.97 Å². The number of fused-ring (bicyclic) bond motifs is 1. The quantitative estimate of drug-likeness (QED) is 0.807. The number of carbonyl (C=O) groups excluding carboxylic acids is 1. The van der Waals surface area contributed by atoms with Gasteiger partial charge in [0.15, 0.2) is 17.5 Å². The molecule has 0 unspecified atom stereocenters. The Morgan fingerprint density at radius 1 is 1.35 bits per heavy atom. The Morgan fingerprint density at radius 3 is 2.71 bits per heavy atom. The van der Waals surface area contributed by atoms with E-state index in [4.69, 9.17) is 14.6 Å². The molecule has 0 saturated heterocycles. The molecule has 6 nitrogen and oxygen atoms in total. The molecular formula is C11H11NO5. The highest BCUT2D eigenvalue weighted by molar-refractivity contribution is 5.83. The van der Waals surface area contributed by atoms with Crippen LogP contribution in [0.25, 0.3) is 0 Å². The van der Waals surface area contributed by atoms with Gasteiger partial charge in [-0.1, -0.05) is 6.07 Å². The van der Waals surface area contributed by atoms with Crippen molar-refractivity contribution in [2.75, 3.05) is 6.79 Å². The summed E-state index contributed by atoms with van der Waals surface area (Å²) in [5.41, 5.74) is 0.442. The molecule has 1 atom stereocenters. The third-order valence-electron chi connectivity index (χ3n) is 2.32. The lowest BCUT2D eigenvalue weighted by Gasteiger charge is -2.13. The van der Waals surface area contributed by atoms with Crippen LogP contribution in [0, 0.1) is 0 Å². The average molecular weight is 237 g/mol. The summed E-state index contributed by atoms with van der Waals surface area (Å²) >= 11 is 0. The second kappa shape index (κ2) is 4.32. The predicted molar refractivity (Wildman–Crippen MR) is 56.8 cm³/mol. The number of benzene rings is 1. The molecule has 90 valence electrons. The maximum absolute atomic E-state index is 11.0. The van der Waals surface area contributed by atoms with Gasteiger partial charge in [0.2, 0.25) is 12.7 Å². The number of carbonyl (C=O) groups is 2. The molecule has 0 aromatic heterocycles. The number of rotatable bonds is 3. The van der Waals surface area contributed by atoms with Crippen molar-refractivity contribution in [2.45, 2.75) is 13.0 Å². The normalized spacial score (nSPS) is 14.2. The summed E-state index contributed by atoms with van der Waals surface area (Å²) in [4.78, 5) is 22.0. The summed E-state index contributed by atoms with van der Waals surface area (Å²) < 4.78 is 10.3. The predicted octanol–water partition coefficient (Wildman–Crippen LogP) is 0.677. The van der Waals surface area contributed by atoms with E-state index in [1.54, 1.807) is 18.2 Å². The third-order valence-corrected chi connectivity index (χ3v) is 2.32. The Balaban J connectivity index is 2.30. The van der Waals surface area contributed by atoms with Crippen LogP contribution in [0.2, 0.25) is 0 Å². The second-order valence-corrected chi connectivity index (χ2v) is 3.58. The number of hydrogen-bond acceptors (Lipinski definition) is 4. The van der Waals surface area contributed by atoms with Crippen LogP contribution < -0.4 is 14.8 Å². The van der Waals surface area contributed by atoms with Crippen LogP contribution in [0.1, 0.15) is 18.5 Å². The molecule has 17 heavy (non-hydrogen) atoms. The smallest absolute Gasteiger partial charge is 0.330 e. The Labute approximate surface area is 97.1 Å². The van der Waals surface area contributed by atoms with Gasteiger partial charge in [-0.05, 0) is 17.7 Å². The van der Waals surface area contributed by atoms with Crippen molar-refractivity contribution in [1.29, 1.82) is 0 Å². The number of amides is 1. The molecular weight excluding hydrogens is 226 g/mol. The molecule has 0 radical (unpaired) electrons. The first-order valence-corrected chi connectivity index (χ1v) is 4.97.